The van der Waals surface area contributed by atoms with E-state index < -0.39 is 0 Å². The van der Waals surface area contributed by atoms with Gasteiger partial charge in [0, 0.05) is 41.1 Å². The molecule has 0 fully saturated rings. The van der Waals surface area contributed by atoms with Crippen molar-refractivity contribution in [3.63, 3.8) is 0 Å². The highest BCUT2D eigenvalue weighted by Crippen LogP contribution is 2.24. The van der Waals surface area contributed by atoms with Gasteiger partial charge in [0.25, 0.3) is 0 Å². The van der Waals surface area contributed by atoms with Crippen molar-refractivity contribution in [3.8, 4) is 0 Å². The highest BCUT2D eigenvalue weighted by molar-refractivity contribution is 6.31. The lowest BCUT2D eigenvalue weighted by Gasteiger charge is -2.10. The maximum atomic E-state index is 6.02. The molecule has 2 aromatic carbocycles. The third-order valence-electron chi connectivity index (χ3n) is 3.92. The number of para-hydroxylation sites is 1. The topological polar surface area (TPSA) is 63.0 Å². The van der Waals surface area contributed by atoms with Crippen LogP contribution in [-0.4, -0.2) is 18.1 Å². The first kappa shape index (κ1) is 16.6. The Bertz CT molecular complexity index is 819. The molecule has 5 heteroatoms. The molecule has 0 spiro atoms. The summed E-state index contributed by atoms with van der Waals surface area (Å²) in [7, 11) is 0. The van der Waals surface area contributed by atoms with Gasteiger partial charge in [-0.05, 0) is 48.9 Å². The predicted octanol–water partition coefficient (Wildman–Crippen LogP) is 4.06. The van der Waals surface area contributed by atoms with Gasteiger partial charge in [-0.25, -0.2) is 0 Å². The van der Waals surface area contributed by atoms with Gasteiger partial charge in [-0.1, -0.05) is 29.8 Å². The molecule has 24 heavy (non-hydrogen) atoms. The quantitative estimate of drug-likeness (QED) is 0.448. The first-order chi connectivity index (χ1) is 11.7. The van der Waals surface area contributed by atoms with E-state index >= 15 is 0 Å². The first-order valence-corrected chi connectivity index (χ1v) is 8.44. The number of halogens is 1. The number of aromatic nitrogens is 1. The predicted molar refractivity (Wildman–Crippen MR) is 102 cm³/mol. The van der Waals surface area contributed by atoms with E-state index in [1.54, 1.807) is 6.20 Å². The number of fused-ring (bicyclic) bond motifs is 1. The second-order valence-corrected chi connectivity index (χ2v) is 6.11. The van der Waals surface area contributed by atoms with Crippen molar-refractivity contribution < 1.29 is 0 Å². The summed E-state index contributed by atoms with van der Waals surface area (Å²) in [6, 6.07) is 15.7. The highest BCUT2D eigenvalue weighted by Gasteiger charge is 2.02. The summed E-state index contributed by atoms with van der Waals surface area (Å²) in [6.45, 7) is 2.61. The lowest BCUT2D eigenvalue weighted by Crippen LogP contribution is -2.18. The first-order valence-electron chi connectivity index (χ1n) is 8.06. The second kappa shape index (κ2) is 7.99. The van der Waals surface area contributed by atoms with Crippen molar-refractivity contribution in [2.24, 2.45) is 0 Å². The number of benzene rings is 2. The van der Waals surface area contributed by atoms with Crippen LogP contribution in [0.1, 0.15) is 12.0 Å². The fraction of sp³-hybridized carbons (Fsp3) is 0.211. The number of nitrogens with two attached hydrogens (primary N) is 1. The van der Waals surface area contributed by atoms with Gasteiger partial charge < -0.3 is 16.4 Å². The van der Waals surface area contributed by atoms with E-state index in [2.05, 4.69) is 21.7 Å². The van der Waals surface area contributed by atoms with Crippen LogP contribution in [0.4, 0.5) is 11.4 Å². The van der Waals surface area contributed by atoms with Crippen molar-refractivity contribution in [1.29, 1.82) is 0 Å². The van der Waals surface area contributed by atoms with E-state index in [0.29, 0.717) is 5.02 Å². The SMILES string of the molecule is Nc1ccccc1CNCCCNc1ccnc2cc(Cl)ccc12. The smallest absolute Gasteiger partial charge is 0.0737 e. The molecule has 4 N–H and O–H groups in total. The van der Waals surface area contributed by atoms with Gasteiger partial charge in [-0.2, -0.15) is 0 Å². The molecule has 1 heterocycles. The average molecular weight is 341 g/mol. The number of anilines is 2. The lowest BCUT2D eigenvalue weighted by molar-refractivity contribution is 0.664. The molecule has 0 aliphatic rings. The zero-order valence-electron chi connectivity index (χ0n) is 13.4. The van der Waals surface area contributed by atoms with Crippen LogP contribution in [-0.2, 0) is 6.54 Å². The van der Waals surface area contributed by atoms with Gasteiger partial charge in [-0.15, -0.1) is 0 Å². The van der Waals surface area contributed by atoms with Crippen molar-refractivity contribution in [3.05, 3.63) is 65.3 Å². The summed E-state index contributed by atoms with van der Waals surface area (Å²) < 4.78 is 0. The standard InChI is InChI=1S/C19H21ClN4/c20-15-6-7-16-18(8-11-24-19(16)12-15)23-10-3-9-22-13-14-4-1-2-5-17(14)21/h1-2,4-8,11-12,22H,3,9-10,13,21H2,(H,23,24). The number of pyridine rings is 1. The van der Waals surface area contributed by atoms with E-state index in [0.717, 1.165) is 53.9 Å². The molecule has 0 aliphatic carbocycles. The van der Waals surface area contributed by atoms with Crippen LogP contribution in [0.3, 0.4) is 0 Å². The molecule has 0 bridgehead atoms. The van der Waals surface area contributed by atoms with Crippen LogP contribution in [0.5, 0.6) is 0 Å². The van der Waals surface area contributed by atoms with Crippen LogP contribution < -0.4 is 16.4 Å². The van der Waals surface area contributed by atoms with E-state index in [1.165, 1.54) is 0 Å². The summed E-state index contributed by atoms with van der Waals surface area (Å²) in [5.41, 5.74) is 9.91. The molecular weight excluding hydrogens is 320 g/mol. The molecule has 3 rings (SSSR count). The Balaban J connectivity index is 1.46. The number of nitrogens with one attached hydrogen (secondary N) is 2. The minimum Gasteiger partial charge on any atom is -0.398 e. The Hall–Kier alpha value is -2.30. The van der Waals surface area contributed by atoms with E-state index in [-0.39, 0.29) is 0 Å². The molecule has 0 saturated heterocycles. The van der Waals surface area contributed by atoms with Crippen LogP contribution in [0.15, 0.2) is 54.7 Å². The zero-order valence-corrected chi connectivity index (χ0v) is 14.2. The molecule has 124 valence electrons. The summed E-state index contributed by atoms with van der Waals surface area (Å²) in [5.74, 6) is 0. The Morgan fingerprint density at radius 2 is 1.92 bits per heavy atom. The number of nitrogens with zero attached hydrogens (tertiary/aromatic N) is 1. The van der Waals surface area contributed by atoms with E-state index in [9.17, 15) is 0 Å². The van der Waals surface area contributed by atoms with Crippen molar-refractivity contribution in [2.45, 2.75) is 13.0 Å². The van der Waals surface area contributed by atoms with Crippen molar-refractivity contribution in [1.82, 2.24) is 10.3 Å². The molecule has 0 radical (unpaired) electrons. The van der Waals surface area contributed by atoms with E-state index in [4.69, 9.17) is 17.3 Å². The fourth-order valence-electron chi connectivity index (χ4n) is 2.63. The number of nitrogen functional groups attached to an aromatic ring is 1. The molecule has 0 aliphatic heterocycles. The third-order valence-corrected chi connectivity index (χ3v) is 4.16. The van der Waals surface area contributed by atoms with Crippen LogP contribution in [0.25, 0.3) is 10.9 Å². The van der Waals surface area contributed by atoms with Gasteiger partial charge in [0.2, 0.25) is 0 Å². The Kier molecular flexibility index (Phi) is 5.51. The molecule has 4 nitrogen and oxygen atoms in total. The van der Waals surface area contributed by atoms with Gasteiger partial charge in [0.05, 0.1) is 5.52 Å². The number of hydrogen-bond donors (Lipinski definition) is 3. The van der Waals surface area contributed by atoms with Crippen LogP contribution in [0.2, 0.25) is 5.02 Å². The zero-order chi connectivity index (χ0) is 16.8. The van der Waals surface area contributed by atoms with Crippen LogP contribution in [0, 0.1) is 0 Å². The minimum absolute atomic E-state index is 0.705. The van der Waals surface area contributed by atoms with Crippen LogP contribution >= 0.6 is 11.6 Å². The molecule has 0 amide bonds. The number of rotatable bonds is 7. The Morgan fingerprint density at radius 1 is 1.04 bits per heavy atom. The van der Waals surface area contributed by atoms with E-state index in [1.807, 2.05) is 42.5 Å². The number of hydrogen-bond acceptors (Lipinski definition) is 4. The molecular formula is C19H21ClN4. The summed E-state index contributed by atoms with van der Waals surface area (Å²) in [6.07, 6.45) is 2.82. The van der Waals surface area contributed by atoms with Crippen molar-refractivity contribution >= 4 is 33.9 Å². The second-order valence-electron chi connectivity index (χ2n) is 5.68. The van der Waals surface area contributed by atoms with Gasteiger partial charge >= 0.3 is 0 Å². The molecule has 0 atom stereocenters. The lowest BCUT2D eigenvalue weighted by atomic mass is 10.2. The Labute approximate surface area is 147 Å². The Morgan fingerprint density at radius 3 is 2.79 bits per heavy atom. The summed E-state index contributed by atoms with van der Waals surface area (Å²) in [4.78, 5) is 4.35. The third kappa shape index (κ3) is 4.16. The average Bonchev–Trinajstić information content (AvgIpc) is 2.59. The molecule has 3 aromatic rings. The fourth-order valence-corrected chi connectivity index (χ4v) is 2.80. The van der Waals surface area contributed by atoms with Gasteiger partial charge in [-0.3, -0.25) is 4.98 Å². The van der Waals surface area contributed by atoms with Crippen molar-refractivity contribution in [2.75, 3.05) is 24.1 Å². The highest BCUT2D eigenvalue weighted by atomic mass is 35.5. The molecule has 0 saturated carbocycles. The van der Waals surface area contributed by atoms with Gasteiger partial charge in [0.15, 0.2) is 0 Å². The maximum absolute atomic E-state index is 6.02. The normalized spacial score (nSPS) is 10.9. The largest absolute Gasteiger partial charge is 0.398 e. The molecule has 1 aromatic heterocycles. The maximum Gasteiger partial charge on any atom is 0.0737 e. The molecule has 0 unspecified atom stereocenters. The monoisotopic (exact) mass is 340 g/mol. The minimum atomic E-state index is 0.705. The van der Waals surface area contributed by atoms with Gasteiger partial charge in [0.1, 0.15) is 0 Å². The summed E-state index contributed by atoms with van der Waals surface area (Å²) >= 11 is 6.02. The summed E-state index contributed by atoms with van der Waals surface area (Å²) in [5, 5.41) is 8.69.